The predicted molar refractivity (Wildman–Crippen MR) is 113 cm³/mol. The minimum Gasteiger partial charge on any atom is -0.450 e. The number of nitrogens with one attached hydrogen (secondary N) is 3. The average molecular weight is 405 g/mol. The van der Waals surface area contributed by atoms with Crippen molar-refractivity contribution in [1.82, 2.24) is 10.3 Å². The molecular weight excluding hydrogens is 376 g/mol. The highest BCUT2D eigenvalue weighted by atomic mass is 32.1. The number of ether oxygens (including phenoxy) is 1. The van der Waals surface area contributed by atoms with Gasteiger partial charge in [-0.1, -0.05) is 25.5 Å². The van der Waals surface area contributed by atoms with Crippen LogP contribution in [0.2, 0.25) is 0 Å². The van der Waals surface area contributed by atoms with Gasteiger partial charge >= 0.3 is 6.09 Å². The lowest BCUT2D eigenvalue weighted by Gasteiger charge is -2.09. The zero-order valence-electron chi connectivity index (χ0n) is 16.4. The Morgan fingerprint density at radius 3 is 2.64 bits per heavy atom. The Hall–Kier alpha value is -2.61. The molecule has 2 amide bonds. The van der Waals surface area contributed by atoms with Crippen LogP contribution in [0.4, 0.5) is 15.6 Å². The lowest BCUT2D eigenvalue weighted by Crippen LogP contribution is -2.29. The first-order valence-electron chi connectivity index (χ1n) is 9.52. The van der Waals surface area contributed by atoms with Crippen molar-refractivity contribution in [1.29, 1.82) is 0 Å². The molecule has 0 fully saturated rings. The van der Waals surface area contributed by atoms with Crippen LogP contribution in [0.25, 0.3) is 0 Å². The number of amides is 2. The number of carbonyl (C=O) groups excluding carboxylic acids is 2. The van der Waals surface area contributed by atoms with Crippen LogP contribution in [-0.2, 0) is 22.4 Å². The van der Waals surface area contributed by atoms with Crippen LogP contribution >= 0.6 is 11.3 Å². The topological polar surface area (TPSA) is 92.4 Å². The number of benzene rings is 1. The van der Waals surface area contributed by atoms with Gasteiger partial charge in [0.25, 0.3) is 0 Å². The number of hydrogen-bond acceptors (Lipinski definition) is 6. The Labute approximate surface area is 169 Å². The zero-order valence-corrected chi connectivity index (χ0v) is 17.2. The number of anilines is 2. The van der Waals surface area contributed by atoms with E-state index in [2.05, 4.69) is 40.0 Å². The molecule has 0 aliphatic rings. The maximum Gasteiger partial charge on any atom is 0.407 e. The summed E-state index contributed by atoms with van der Waals surface area (Å²) >= 11 is 1.44. The van der Waals surface area contributed by atoms with Crippen LogP contribution in [0.5, 0.6) is 0 Å². The summed E-state index contributed by atoms with van der Waals surface area (Å²) < 4.78 is 5.03. The smallest absolute Gasteiger partial charge is 0.407 e. The molecule has 1 heterocycles. The summed E-state index contributed by atoms with van der Waals surface area (Å²) in [7, 11) is 0. The largest absolute Gasteiger partial charge is 0.450 e. The number of aromatic nitrogens is 1. The van der Waals surface area contributed by atoms with E-state index >= 15 is 0 Å². The molecule has 0 saturated heterocycles. The summed E-state index contributed by atoms with van der Waals surface area (Å²) in [6.07, 6.45) is 3.24. The van der Waals surface area contributed by atoms with Gasteiger partial charge < -0.3 is 20.7 Å². The van der Waals surface area contributed by atoms with Gasteiger partial charge in [0.2, 0.25) is 5.91 Å². The normalized spacial score (nSPS) is 10.4. The zero-order chi connectivity index (χ0) is 20.2. The van der Waals surface area contributed by atoms with E-state index in [1.165, 1.54) is 23.8 Å². The quantitative estimate of drug-likeness (QED) is 0.495. The lowest BCUT2D eigenvalue weighted by atomic mass is 10.1. The standard InChI is InChI=1S/C20H28N4O3S/c1-3-4-13-27-20(26)22-12-11-21-17-8-5-16(6-9-17)7-10-18-14-28-19(24-18)23-15(2)25/h5-6,8-9,14,21H,3-4,7,10-13H2,1-2H3,(H,22,26)(H,23,24,25). The molecule has 0 bridgehead atoms. The molecule has 0 saturated carbocycles. The van der Waals surface area contributed by atoms with E-state index in [1.807, 2.05) is 17.5 Å². The number of thiazole rings is 1. The van der Waals surface area contributed by atoms with Crippen molar-refractivity contribution in [3.05, 3.63) is 40.9 Å². The molecule has 8 heteroatoms. The summed E-state index contributed by atoms with van der Waals surface area (Å²) in [6.45, 7) is 5.14. The molecule has 1 aromatic carbocycles. The molecule has 3 N–H and O–H groups in total. The first-order chi connectivity index (χ1) is 13.6. The number of unbranched alkanes of at least 4 members (excludes halogenated alkanes) is 1. The van der Waals surface area contributed by atoms with Crippen molar-refractivity contribution in [3.63, 3.8) is 0 Å². The van der Waals surface area contributed by atoms with E-state index in [1.54, 1.807) is 0 Å². The van der Waals surface area contributed by atoms with Gasteiger partial charge in [-0.3, -0.25) is 4.79 Å². The van der Waals surface area contributed by atoms with Gasteiger partial charge in [0.05, 0.1) is 12.3 Å². The van der Waals surface area contributed by atoms with Crippen molar-refractivity contribution in [3.8, 4) is 0 Å². The van der Waals surface area contributed by atoms with E-state index < -0.39 is 0 Å². The summed E-state index contributed by atoms with van der Waals surface area (Å²) in [5, 5.41) is 11.3. The number of alkyl carbamates (subject to hydrolysis) is 1. The third kappa shape index (κ3) is 8.39. The molecule has 2 rings (SSSR count). The Bertz CT molecular complexity index is 746. The van der Waals surface area contributed by atoms with Crippen molar-refractivity contribution in [2.24, 2.45) is 0 Å². The Morgan fingerprint density at radius 1 is 1.14 bits per heavy atom. The van der Waals surface area contributed by atoms with Crippen molar-refractivity contribution in [2.45, 2.75) is 39.5 Å². The van der Waals surface area contributed by atoms with Gasteiger partial charge in [-0.15, -0.1) is 11.3 Å². The van der Waals surface area contributed by atoms with Crippen molar-refractivity contribution < 1.29 is 14.3 Å². The molecule has 0 aliphatic carbocycles. The van der Waals surface area contributed by atoms with Gasteiger partial charge in [0, 0.05) is 31.1 Å². The highest BCUT2D eigenvalue weighted by Crippen LogP contribution is 2.17. The molecule has 0 radical (unpaired) electrons. The van der Waals surface area contributed by atoms with E-state index in [4.69, 9.17) is 4.74 Å². The fraction of sp³-hybridized carbons (Fsp3) is 0.450. The van der Waals surface area contributed by atoms with E-state index in [0.29, 0.717) is 24.8 Å². The number of nitrogens with zero attached hydrogens (tertiary/aromatic N) is 1. The van der Waals surface area contributed by atoms with E-state index in [-0.39, 0.29) is 12.0 Å². The lowest BCUT2D eigenvalue weighted by molar-refractivity contribution is -0.114. The summed E-state index contributed by atoms with van der Waals surface area (Å²) in [6, 6.07) is 8.21. The summed E-state index contributed by atoms with van der Waals surface area (Å²) in [5.41, 5.74) is 3.21. The van der Waals surface area contributed by atoms with Crippen LogP contribution in [0.15, 0.2) is 29.6 Å². The van der Waals surface area contributed by atoms with Crippen LogP contribution in [0.1, 0.15) is 37.9 Å². The maximum absolute atomic E-state index is 11.4. The van der Waals surface area contributed by atoms with Crippen LogP contribution in [-0.4, -0.2) is 36.7 Å². The van der Waals surface area contributed by atoms with E-state index in [0.717, 1.165) is 37.1 Å². The molecule has 0 unspecified atom stereocenters. The number of aryl methyl sites for hydroxylation is 2. The average Bonchev–Trinajstić information content (AvgIpc) is 3.11. The van der Waals surface area contributed by atoms with Crippen molar-refractivity contribution >= 4 is 34.2 Å². The number of carbonyl (C=O) groups is 2. The second-order valence-electron chi connectivity index (χ2n) is 6.37. The van der Waals surface area contributed by atoms with Crippen LogP contribution in [0, 0.1) is 0 Å². The van der Waals surface area contributed by atoms with Gasteiger partial charge in [0.1, 0.15) is 0 Å². The Kier molecular flexibility index (Phi) is 9.27. The first kappa shape index (κ1) is 21.7. The summed E-state index contributed by atoms with van der Waals surface area (Å²) in [4.78, 5) is 26.9. The molecule has 2 aromatic rings. The second-order valence-corrected chi connectivity index (χ2v) is 7.22. The fourth-order valence-electron chi connectivity index (χ4n) is 2.42. The number of rotatable bonds is 11. The first-order valence-corrected chi connectivity index (χ1v) is 10.4. The Morgan fingerprint density at radius 2 is 1.93 bits per heavy atom. The predicted octanol–water partition coefficient (Wildman–Crippen LogP) is 3.82. The fourth-order valence-corrected chi connectivity index (χ4v) is 3.21. The minimum atomic E-state index is -0.366. The molecule has 28 heavy (non-hydrogen) atoms. The third-order valence-electron chi connectivity index (χ3n) is 3.91. The Balaban J connectivity index is 1.65. The summed E-state index contributed by atoms with van der Waals surface area (Å²) in [5.74, 6) is -0.104. The van der Waals surface area contributed by atoms with Crippen molar-refractivity contribution in [2.75, 3.05) is 30.3 Å². The van der Waals surface area contributed by atoms with E-state index in [9.17, 15) is 9.59 Å². The second kappa shape index (κ2) is 12.0. The molecule has 0 aliphatic heterocycles. The van der Waals surface area contributed by atoms with Gasteiger partial charge in [0.15, 0.2) is 5.13 Å². The van der Waals surface area contributed by atoms with Crippen LogP contribution in [0.3, 0.4) is 0 Å². The monoisotopic (exact) mass is 404 g/mol. The van der Waals surface area contributed by atoms with Gasteiger partial charge in [-0.25, -0.2) is 9.78 Å². The van der Waals surface area contributed by atoms with Gasteiger partial charge in [-0.2, -0.15) is 0 Å². The highest BCUT2D eigenvalue weighted by molar-refractivity contribution is 7.13. The molecule has 152 valence electrons. The number of hydrogen-bond donors (Lipinski definition) is 3. The molecule has 1 aromatic heterocycles. The third-order valence-corrected chi connectivity index (χ3v) is 4.72. The van der Waals surface area contributed by atoms with Gasteiger partial charge in [-0.05, 0) is 37.0 Å². The molecule has 0 atom stereocenters. The molecular formula is C20H28N4O3S. The highest BCUT2D eigenvalue weighted by Gasteiger charge is 2.04. The molecule has 0 spiro atoms. The molecule has 7 nitrogen and oxygen atoms in total. The SMILES string of the molecule is CCCCOC(=O)NCCNc1ccc(CCc2csc(NC(C)=O)n2)cc1. The minimum absolute atomic E-state index is 0.104. The van der Waals surface area contributed by atoms with Crippen LogP contribution < -0.4 is 16.0 Å². The maximum atomic E-state index is 11.4.